The number of nitrogens with one attached hydrogen (secondary N) is 1. The number of fused-ring (bicyclic) bond motifs is 1. The van der Waals surface area contributed by atoms with Crippen LogP contribution >= 0.6 is 11.3 Å². The van der Waals surface area contributed by atoms with Crippen molar-refractivity contribution in [3.05, 3.63) is 48.5 Å². The Kier molecular flexibility index (Phi) is 5.12. The first-order valence-electron chi connectivity index (χ1n) is 9.09. The maximum Gasteiger partial charge on any atom is 0.325 e. The van der Waals surface area contributed by atoms with Crippen molar-refractivity contribution in [2.45, 2.75) is 6.92 Å². The second kappa shape index (κ2) is 7.85. The molecule has 1 saturated heterocycles. The molecule has 1 fully saturated rings. The number of thiazole rings is 1. The van der Waals surface area contributed by atoms with E-state index in [-0.39, 0.29) is 18.5 Å². The summed E-state index contributed by atoms with van der Waals surface area (Å²) in [5, 5.41) is 3.34. The minimum Gasteiger partial charge on any atom is -0.494 e. The summed E-state index contributed by atoms with van der Waals surface area (Å²) in [6, 6.07) is 14.9. The standard InChI is InChI=1S/C20H20N4O3S/c1-2-27-15-9-7-14(8-10-15)24-12-11-23(20(24)26)13-18(25)22-19-21-16-5-3-4-6-17(16)28-19/h3-10H,2,11-13H2,1H3,(H,21,22,25). The number of amides is 3. The molecule has 8 heteroatoms. The summed E-state index contributed by atoms with van der Waals surface area (Å²) in [5.74, 6) is 0.519. The van der Waals surface area contributed by atoms with Crippen molar-refractivity contribution in [2.75, 3.05) is 36.5 Å². The van der Waals surface area contributed by atoms with E-state index in [4.69, 9.17) is 4.74 Å². The molecule has 1 N–H and O–H groups in total. The predicted octanol–water partition coefficient (Wildman–Crippen LogP) is 3.58. The number of rotatable bonds is 6. The Morgan fingerprint density at radius 3 is 2.71 bits per heavy atom. The summed E-state index contributed by atoms with van der Waals surface area (Å²) >= 11 is 1.42. The molecule has 0 spiro atoms. The summed E-state index contributed by atoms with van der Waals surface area (Å²) in [6.45, 7) is 3.57. The second-order valence-electron chi connectivity index (χ2n) is 6.32. The first-order valence-corrected chi connectivity index (χ1v) is 9.90. The Morgan fingerprint density at radius 1 is 1.18 bits per heavy atom. The molecule has 1 aliphatic rings. The first kappa shape index (κ1) is 18.2. The summed E-state index contributed by atoms with van der Waals surface area (Å²) in [4.78, 5) is 32.7. The van der Waals surface area contributed by atoms with Crippen LogP contribution in [0.3, 0.4) is 0 Å². The molecule has 3 aromatic rings. The minimum absolute atomic E-state index is 0.00227. The number of urea groups is 1. The van der Waals surface area contributed by atoms with Gasteiger partial charge in [0.1, 0.15) is 12.3 Å². The minimum atomic E-state index is -0.249. The van der Waals surface area contributed by atoms with Gasteiger partial charge in [0.05, 0.1) is 16.8 Å². The zero-order valence-corrected chi connectivity index (χ0v) is 16.2. The Bertz CT molecular complexity index is 969. The largest absolute Gasteiger partial charge is 0.494 e. The lowest BCUT2D eigenvalue weighted by Crippen LogP contribution is -2.37. The molecule has 0 atom stereocenters. The van der Waals surface area contributed by atoms with Crippen LogP contribution in [0.25, 0.3) is 10.2 Å². The maximum absolute atomic E-state index is 12.7. The molecular formula is C20H20N4O3S. The first-order chi connectivity index (χ1) is 13.6. The molecule has 0 radical (unpaired) electrons. The van der Waals surface area contributed by atoms with Crippen molar-refractivity contribution in [1.29, 1.82) is 0 Å². The van der Waals surface area contributed by atoms with Gasteiger partial charge >= 0.3 is 6.03 Å². The highest BCUT2D eigenvalue weighted by molar-refractivity contribution is 7.22. The van der Waals surface area contributed by atoms with Crippen molar-refractivity contribution in [2.24, 2.45) is 0 Å². The Balaban J connectivity index is 1.37. The van der Waals surface area contributed by atoms with E-state index in [1.54, 1.807) is 9.80 Å². The van der Waals surface area contributed by atoms with Crippen LogP contribution in [-0.4, -0.2) is 48.1 Å². The molecule has 0 unspecified atom stereocenters. The highest BCUT2D eigenvalue weighted by Gasteiger charge is 2.31. The third-order valence-electron chi connectivity index (χ3n) is 4.43. The number of aromatic nitrogens is 1. The molecule has 0 saturated carbocycles. The van der Waals surface area contributed by atoms with E-state index >= 15 is 0 Å². The highest BCUT2D eigenvalue weighted by Crippen LogP contribution is 2.26. The quantitative estimate of drug-likeness (QED) is 0.691. The fourth-order valence-electron chi connectivity index (χ4n) is 3.12. The SMILES string of the molecule is CCOc1ccc(N2CCN(CC(=O)Nc3nc4ccccc4s3)C2=O)cc1. The molecule has 2 aromatic carbocycles. The molecule has 4 rings (SSSR count). The number of hydrogen-bond donors (Lipinski definition) is 1. The van der Waals surface area contributed by atoms with Gasteiger partial charge in [-0.1, -0.05) is 23.5 Å². The zero-order valence-electron chi connectivity index (χ0n) is 15.4. The highest BCUT2D eigenvalue weighted by atomic mass is 32.1. The monoisotopic (exact) mass is 396 g/mol. The lowest BCUT2D eigenvalue weighted by Gasteiger charge is -2.18. The van der Waals surface area contributed by atoms with Crippen molar-refractivity contribution < 1.29 is 14.3 Å². The van der Waals surface area contributed by atoms with E-state index in [0.29, 0.717) is 24.8 Å². The van der Waals surface area contributed by atoms with Gasteiger partial charge in [-0.2, -0.15) is 0 Å². The molecular weight excluding hydrogens is 376 g/mol. The number of para-hydroxylation sites is 1. The summed E-state index contributed by atoms with van der Waals surface area (Å²) in [7, 11) is 0. The number of anilines is 2. The summed E-state index contributed by atoms with van der Waals surface area (Å²) in [6.07, 6.45) is 0. The molecule has 2 heterocycles. The van der Waals surface area contributed by atoms with Gasteiger partial charge in [-0.25, -0.2) is 9.78 Å². The molecule has 1 aromatic heterocycles. The van der Waals surface area contributed by atoms with Crippen LogP contribution in [0.1, 0.15) is 6.92 Å². The van der Waals surface area contributed by atoms with Gasteiger partial charge in [-0.3, -0.25) is 9.69 Å². The van der Waals surface area contributed by atoms with Gasteiger partial charge in [0.2, 0.25) is 5.91 Å². The molecule has 3 amide bonds. The molecule has 144 valence electrons. The van der Waals surface area contributed by atoms with E-state index < -0.39 is 0 Å². The van der Waals surface area contributed by atoms with Gasteiger partial charge in [-0.15, -0.1) is 0 Å². The van der Waals surface area contributed by atoms with E-state index in [2.05, 4.69) is 10.3 Å². The number of carbonyl (C=O) groups is 2. The Labute approximate surface area is 166 Å². The fraction of sp³-hybridized carbons (Fsp3) is 0.250. The van der Waals surface area contributed by atoms with Crippen LogP contribution in [0, 0.1) is 0 Å². The number of ether oxygens (including phenoxy) is 1. The van der Waals surface area contributed by atoms with Crippen LogP contribution in [-0.2, 0) is 4.79 Å². The summed E-state index contributed by atoms with van der Waals surface area (Å²) in [5.41, 5.74) is 1.64. The van der Waals surface area contributed by atoms with Crippen LogP contribution in [0.2, 0.25) is 0 Å². The molecule has 1 aliphatic heterocycles. The normalized spacial score (nSPS) is 14.0. The Morgan fingerprint density at radius 2 is 1.96 bits per heavy atom. The van der Waals surface area contributed by atoms with Crippen LogP contribution in [0.4, 0.5) is 15.6 Å². The smallest absolute Gasteiger partial charge is 0.325 e. The number of carbonyl (C=O) groups excluding carboxylic acids is 2. The molecule has 7 nitrogen and oxygen atoms in total. The molecule has 0 aliphatic carbocycles. The van der Waals surface area contributed by atoms with Gasteiger partial charge in [0, 0.05) is 18.8 Å². The maximum atomic E-state index is 12.7. The van der Waals surface area contributed by atoms with Gasteiger partial charge in [-0.05, 0) is 43.3 Å². The predicted molar refractivity (Wildman–Crippen MR) is 110 cm³/mol. The van der Waals surface area contributed by atoms with Crippen LogP contribution in [0.15, 0.2) is 48.5 Å². The average Bonchev–Trinajstić information content (AvgIpc) is 3.26. The lowest BCUT2D eigenvalue weighted by molar-refractivity contribution is -0.116. The van der Waals surface area contributed by atoms with Crippen molar-refractivity contribution in [3.8, 4) is 5.75 Å². The van der Waals surface area contributed by atoms with Gasteiger partial charge < -0.3 is 15.0 Å². The van der Waals surface area contributed by atoms with E-state index in [1.807, 2.05) is 55.5 Å². The molecule has 0 bridgehead atoms. The van der Waals surface area contributed by atoms with Crippen molar-refractivity contribution in [1.82, 2.24) is 9.88 Å². The van der Waals surface area contributed by atoms with E-state index in [9.17, 15) is 9.59 Å². The van der Waals surface area contributed by atoms with Gasteiger partial charge in [0.25, 0.3) is 0 Å². The third kappa shape index (κ3) is 3.77. The molecule has 28 heavy (non-hydrogen) atoms. The van der Waals surface area contributed by atoms with E-state index in [0.717, 1.165) is 21.7 Å². The van der Waals surface area contributed by atoms with Crippen LogP contribution < -0.4 is 15.0 Å². The average molecular weight is 396 g/mol. The lowest BCUT2D eigenvalue weighted by atomic mass is 10.3. The van der Waals surface area contributed by atoms with Gasteiger partial charge in [0.15, 0.2) is 5.13 Å². The third-order valence-corrected chi connectivity index (χ3v) is 5.38. The van der Waals surface area contributed by atoms with Crippen molar-refractivity contribution in [3.63, 3.8) is 0 Å². The van der Waals surface area contributed by atoms with Crippen molar-refractivity contribution >= 4 is 44.3 Å². The topological polar surface area (TPSA) is 74.8 Å². The zero-order chi connectivity index (χ0) is 19.5. The number of benzene rings is 2. The number of hydrogen-bond acceptors (Lipinski definition) is 5. The van der Waals surface area contributed by atoms with Crippen LogP contribution in [0.5, 0.6) is 5.75 Å². The van der Waals surface area contributed by atoms with E-state index in [1.165, 1.54) is 11.3 Å². The summed E-state index contributed by atoms with van der Waals surface area (Å²) < 4.78 is 6.44. The Hall–Kier alpha value is -3.13. The fourth-order valence-corrected chi connectivity index (χ4v) is 4.00. The number of nitrogens with zero attached hydrogens (tertiary/aromatic N) is 3. The second-order valence-corrected chi connectivity index (χ2v) is 7.35.